The average Bonchev–Trinajstić information content (AvgIpc) is 2.41. The second kappa shape index (κ2) is 7.17. The summed E-state index contributed by atoms with van der Waals surface area (Å²) in [5, 5.41) is 3.56. The summed E-state index contributed by atoms with van der Waals surface area (Å²) in [6.45, 7) is 4.32. The molecule has 0 aliphatic heterocycles. The van der Waals surface area contributed by atoms with Gasteiger partial charge in [-0.15, -0.1) is 11.8 Å². The third kappa shape index (κ3) is 3.65. The molecule has 0 aliphatic carbocycles. The Labute approximate surface area is 124 Å². The number of nitrogens with two attached hydrogens (primary N) is 1. The van der Waals surface area contributed by atoms with Gasteiger partial charge in [0.25, 0.3) is 0 Å². The molecule has 0 aromatic heterocycles. The monoisotopic (exact) mass is 300 g/mol. The predicted octanol–water partition coefficient (Wildman–Crippen LogP) is 3.77. The van der Waals surface area contributed by atoms with Crippen molar-refractivity contribution in [3.05, 3.63) is 23.2 Å². The van der Waals surface area contributed by atoms with E-state index in [9.17, 15) is 4.79 Å². The first-order valence-corrected chi connectivity index (χ1v) is 7.98. The minimum absolute atomic E-state index is 0.0343. The standard InChI is InChI=1S/C14H21ClN2OS/c1-4-14(5-2,9-16)13(18)17-10-6-7-12(19-3)11(15)8-10/h6-8H,4-5,9,16H2,1-3H3,(H,17,18). The van der Waals surface area contributed by atoms with Crippen molar-refractivity contribution in [2.75, 3.05) is 18.1 Å². The Morgan fingerprint density at radius 1 is 1.42 bits per heavy atom. The molecule has 0 saturated carbocycles. The van der Waals surface area contributed by atoms with Gasteiger partial charge in [0.2, 0.25) is 5.91 Å². The molecular weight excluding hydrogens is 280 g/mol. The highest BCUT2D eigenvalue weighted by molar-refractivity contribution is 7.98. The number of carbonyl (C=O) groups is 1. The largest absolute Gasteiger partial charge is 0.329 e. The Bertz CT molecular complexity index is 439. The lowest BCUT2D eigenvalue weighted by Crippen LogP contribution is -2.41. The van der Waals surface area contributed by atoms with E-state index in [0.717, 1.165) is 17.7 Å². The smallest absolute Gasteiger partial charge is 0.231 e. The van der Waals surface area contributed by atoms with E-state index >= 15 is 0 Å². The van der Waals surface area contributed by atoms with Crippen LogP contribution < -0.4 is 11.1 Å². The first-order chi connectivity index (χ1) is 9.02. The van der Waals surface area contributed by atoms with Crippen molar-refractivity contribution in [2.45, 2.75) is 31.6 Å². The third-order valence-corrected chi connectivity index (χ3v) is 4.86. The van der Waals surface area contributed by atoms with Crippen LogP contribution in [0.3, 0.4) is 0 Å². The molecule has 0 spiro atoms. The molecule has 3 N–H and O–H groups in total. The van der Waals surface area contributed by atoms with E-state index < -0.39 is 5.41 Å². The van der Waals surface area contributed by atoms with Crippen LogP contribution in [0.1, 0.15) is 26.7 Å². The molecule has 0 unspecified atom stereocenters. The second-order valence-corrected chi connectivity index (χ2v) is 5.75. The number of anilines is 1. The minimum atomic E-state index is -0.495. The normalized spacial score (nSPS) is 11.4. The van der Waals surface area contributed by atoms with Crippen LogP contribution in [0.15, 0.2) is 23.1 Å². The molecule has 0 fully saturated rings. The van der Waals surface area contributed by atoms with Crippen molar-refractivity contribution in [1.82, 2.24) is 0 Å². The summed E-state index contributed by atoms with van der Waals surface area (Å²) in [6, 6.07) is 5.55. The molecule has 3 nitrogen and oxygen atoms in total. The Balaban J connectivity index is 2.90. The van der Waals surface area contributed by atoms with Crippen molar-refractivity contribution in [3.63, 3.8) is 0 Å². The summed E-state index contributed by atoms with van der Waals surface area (Å²) in [5.74, 6) is -0.0343. The van der Waals surface area contributed by atoms with E-state index in [-0.39, 0.29) is 5.91 Å². The Hall–Kier alpha value is -0.710. The quantitative estimate of drug-likeness (QED) is 0.786. The number of halogens is 1. The van der Waals surface area contributed by atoms with Crippen LogP contribution in [0.25, 0.3) is 0 Å². The summed E-state index contributed by atoms with van der Waals surface area (Å²) in [5.41, 5.74) is 5.99. The molecule has 0 saturated heterocycles. The topological polar surface area (TPSA) is 55.1 Å². The van der Waals surface area contributed by atoms with Crippen LogP contribution in [0.4, 0.5) is 5.69 Å². The summed E-state index contributed by atoms with van der Waals surface area (Å²) in [4.78, 5) is 13.4. The summed E-state index contributed by atoms with van der Waals surface area (Å²) >= 11 is 7.71. The van der Waals surface area contributed by atoms with Gasteiger partial charge in [-0.05, 0) is 37.3 Å². The number of amides is 1. The number of carbonyl (C=O) groups excluding carboxylic acids is 1. The van der Waals surface area contributed by atoms with Gasteiger partial charge < -0.3 is 11.1 Å². The van der Waals surface area contributed by atoms with Gasteiger partial charge in [-0.1, -0.05) is 25.4 Å². The van der Waals surface area contributed by atoms with Crippen LogP contribution in [0, 0.1) is 5.41 Å². The molecule has 0 heterocycles. The Morgan fingerprint density at radius 3 is 2.47 bits per heavy atom. The highest BCUT2D eigenvalue weighted by Crippen LogP contribution is 2.30. The number of rotatable bonds is 6. The van der Waals surface area contributed by atoms with Gasteiger partial charge in [0, 0.05) is 17.1 Å². The highest BCUT2D eigenvalue weighted by Gasteiger charge is 2.33. The molecule has 0 atom stereocenters. The summed E-state index contributed by atoms with van der Waals surface area (Å²) in [7, 11) is 0. The lowest BCUT2D eigenvalue weighted by Gasteiger charge is -2.28. The predicted molar refractivity (Wildman–Crippen MR) is 83.9 cm³/mol. The van der Waals surface area contributed by atoms with Gasteiger partial charge in [0.1, 0.15) is 0 Å². The molecule has 5 heteroatoms. The number of hydrogen-bond acceptors (Lipinski definition) is 3. The van der Waals surface area contributed by atoms with E-state index in [0.29, 0.717) is 17.3 Å². The van der Waals surface area contributed by atoms with E-state index in [1.165, 1.54) is 0 Å². The maximum absolute atomic E-state index is 12.4. The van der Waals surface area contributed by atoms with Gasteiger partial charge in [-0.2, -0.15) is 0 Å². The fourth-order valence-corrected chi connectivity index (χ4v) is 2.83. The molecule has 0 aliphatic rings. The van der Waals surface area contributed by atoms with E-state index in [1.54, 1.807) is 17.8 Å². The van der Waals surface area contributed by atoms with Crippen LogP contribution in [0.5, 0.6) is 0 Å². The zero-order chi connectivity index (χ0) is 14.5. The van der Waals surface area contributed by atoms with Crippen molar-refractivity contribution in [1.29, 1.82) is 0 Å². The zero-order valence-corrected chi connectivity index (χ0v) is 13.2. The first kappa shape index (κ1) is 16.3. The average molecular weight is 301 g/mol. The Morgan fingerprint density at radius 2 is 2.05 bits per heavy atom. The molecule has 1 aromatic carbocycles. The molecule has 1 rings (SSSR count). The van der Waals surface area contributed by atoms with Crippen molar-refractivity contribution < 1.29 is 4.79 Å². The van der Waals surface area contributed by atoms with Gasteiger partial charge in [0.15, 0.2) is 0 Å². The van der Waals surface area contributed by atoms with Gasteiger partial charge in [0.05, 0.1) is 10.4 Å². The number of thioether (sulfide) groups is 1. The molecule has 0 bridgehead atoms. The molecule has 0 radical (unpaired) electrons. The molecule has 19 heavy (non-hydrogen) atoms. The lowest BCUT2D eigenvalue weighted by molar-refractivity contribution is -0.125. The fourth-order valence-electron chi connectivity index (χ4n) is 1.96. The SMILES string of the molecule is CCC(CC)(CN)C(=O)Nc1ccc(SC)c(Cl)c1. The summed E-state index contributed by atoms with van der Waals surface area (Å²) in [6.07, 6.45) is 3.41. The van der Waals surface area contributed by atoms with Gasteiger partial charge in [-0.3, -0.25) is 4.79 Å². The van der Waals surface area contributed by atoms with Crippen molar-refractivity contribution in [2.24, 2.45) is 11.1 Å². The van der Waals surface area contributed by atoms with E-state index in [2.05, 4.69) is 5.32 Å². The highest BCUT2D eigenvalue weighted by atomic mass is 35.5. The van der Waals surface area contributed by atoms with Crippen LogP contribution in [0.2, 0.25) is 5.02 Å². The summed E-state index contributed by atoms with van der Waals surface area (Å²) < 4.78 is 0. The maximum atomic E-state index is 12.4. The van der Waals surface area contributed by atoms with E-state index in [4.69, 9.17) is 17.3 Å². The first-order valence-electron chi connectivity index (χ1n) is 6.38. The molecule has 106 valence electrons. The second-order valence-electron chi connectivity index (χ2n) is 4.50. The lowest BCUT2D eigenvalue weighted by atomic mass is 9.81. The number of hydrogen-bond donors (Lipinski definition) is 2. The zero-order valence-electron chi connectivity index (χ0n) is 11.6. The maximum Gasteiger partial charge on any atom is 0.231 e. The van der Waals surface area contributed by atoms with Crippen molar-refractivity contribution in [3.8, 4) is 0 Å². The number of benzene rings is 1. The third-order valence-electron chi connectivity index (χ3n) is 3.64. The van der Waals surface area contributed by atoms with Crippen LogP contribution in [-0.4, -0.2) is 18.7 Å². The van der Waals surface area contributed by atoms with Crippen LogP contribution in [-0.2, 0) is 4.79 Å². The molecule has 1 aromatic rings. The molecular formula is C14H21ClN2OS. The van der Waals surface area contributed by atoms with Crippen LogP contribution >= 0.6 is 23.4 Å². The van der Waals surface area contributed by atoms with Gasteiger partial charge >= 0.3 is 0 Å². The fraction of sp³-hybridized carbons (Fsp3) is 0.500. The Kier molecular flexibility index (Phi) is 6.17. The van der Waals surface area contributed by atoms with E-state index in [1.807, 2.05) is 32.2 Å². The number of nitrogens with one attached hydrogen (secondary N) is 1. The molecule has 1 amide bonds. The van der Waals surface area contributed by atoms with Crippen molar-refractivity contribution >= 4 is 35.0 Å². The van der Waals surface area contributed by atoms with Gasteiger partial charge in [-0.25, -0.2) is 0 Å². The minimum Gasteiger partial charge on any atom is -0.329 e.